The molecule has 0 spiro atoms. The fourth-order valence-corrected chi connectivity index (χ4v) is 1.05. The summed E-state index contributed by atoms with van der Waals surface area (Å²) in [5.41, 5.74) is 8.31. The van der Waals surface area contributed by atoms with E-state index in [9.17, 15) is 4.79 Å². The van der Waals surface area contributed by atoms with Gasteiger partial charge in [-0.15, -0.1) is 0 Å². The minimum atomic E-state index is -0.315. The first kappa shape index (κ1) is 11.8. The summed E-state index contributed by atoms with van der Waals surface area (Å²) < 4.78 is 0. The minimum absolute atomic E-state index is 0.0540. The normalized spacial score (nSPS) is 9.25. The molecule has 7 heteroatoms. The van der Waals surface area contributed by atoms with E-state index in [0.29, 0.717) is 25.1 Å². The molecule has 1 aromatic rings. The highest BCUT2D eigenvalue weighted by Crippen LogP contribution is 2.07. The average molecular weight is 221 g/mol. The van der Waals surface area contributed by atoms with Crippen molar-refractivity contribution >= 4 is 5.91 Å². The first-order valence-corrected chi connectivity index (χ1v) is 4.67. The number of nitrogens with one attached hydrogen (secondary N) is 1. The van der Waals surface area contributed by atoms with Crippen LogP contribution in [0.4, 0.5) is 0 Å². The van der Waals surface area contributed by atoms with Gasteiger partial charge in [0.1, 0.15) is 5.75 Å². The Kier molecular flexibility index (Phi) is 4.62. The number of aromatic nitrogens is 1. The molecule has 16 heavy (non-hydrogen) atoms. The lowest BCUT2D eigenvalue weighted by atomic mass is 10.2. The van der Waals surface area contributed by atoms with Crippen molar-refractivity contribution in [1.29, 1.82) is 0 Å². The molecule has 1 aromatic heterocycles. The summed E-state index contributed by atoms with van der Waals surface area (Å²) in [7, 11) is 0. The van der Waals surface area contributed by atoms with Crippen LogP contribution < -0.4 is 5.32 Å². The molecule has 0 aliphatic heterocycles. The van der Waals surface area contributed by atoms with E-state index >= 15 is 0 Å². The molecular weight excluding hydrogens is 210 g/mol. The number of hydrogen-bond donors (Lipinski definition) is 2. The second-order valence-electron chi connectivity index (χ2n) is 3.00. The topological polar surface area (TPSA) is 111 Å². The van der Waals surface area contributed by atoms with Gasteiger partial charge in [-0.25, -0.2) is 0 Å². The first-order chi connectivity index (χ1) is 7.74. The first-order valence-electron chi connectivity index (χ1n) is 4.67. The molecule has 0 unspecified atom stereocenters. The zero-order valence-corrected chi connectivity index (χ0v) is 8.50. The molecule has 0 saturated heterocycles. The monoisotopic (exact) mass is 221 g/mol. The van der Waals surface area contributed by atoms with Gasteiger partial charge >= 0.3 is 0 Å². The standard InChI is InChI=1S/C9H11N5O2/c10-14-13-3-1-2-12-9(16)7-4-8(15)6-11-5-7/h4-6,15H,1-3H2,(H,12,16). The largest absolute Gasteiger partial charge is 0.506 e. The van der Waals surface area contributed by atoms with E-state index in [-0.39, 0.29) is 11.7 Å². The Balaban J connectivity index is 2.38. The predicted molar refractivity (Wildman–Crippen MR) is 56.9 cm³/mol. The number of rotatable bonds is 5. The lowest BCUT2D eigenvalue weighted by molar-refractivity contribution is 0.0952. The van der Waals surface area contributed by atoms with E-state index in [0.717, 1.165) is 0 Å². The van der Waals surface area contributed by atoms with Crippen molar-refractivity contribution in [3.63, 3.8) is 0 Å². The van der Waals surface area contributed by atoms with Gasteiger partial charge < -0.3 is 10.4 Å². The highest BCUT2D eigenvalue weighted by Gasteiger charge is 2.05. The molecule has 0 aromatic carbocycles. The van der Waals surface area contributed by atoms with E-state index < -0.39 is 0 Å². The van der Waals surface area contributed by atoms with Crippen molar-refractivity contribution in [2.45, 2.75) is 6.42 Å². The van der Waals surface area contributed by atoms with E-state index in [2.05, 4.69) is 20.3 Å². The molecule has 1 amide bonds. The lowest BCUT2D eigenvalue weighted by Gasteiger charge is -2.03. The lowest BCUT2D eigenvalue weighted by Crippen LogP contribution is -2.24. The number of amides is 1. The summed E-state index contributed by atoms with van der Waals surface area (Å²) in [6.45, 7) is 0.753. The van der Waals surface area contributed by atoms with Crippen LogP contribution in [0.25, 0.3) is 10.4 Å². The van der Waals surface area contributed by atoms with Crippen LogP contribution in [0.5, 0.6) is 5.75 Å². The number of pyridine rings is 1. The van der Waals surface area contributed by atoms with Crippen molar-refractivity contribution < 1.29 is 9.90 Å². The van der Waals surface area contributed by atoms with Crippen molar-refractivity contribution in [3.8, 4) is 5.75 Å². The summed E-state index contributed by atoms with van der Waals surface area (Å²) in [5, 5.41) is 15.0. The molecule has 0 bridgehead atoms. The fraction of sp³-hybridized carbons (Fsp3) is 0.333. The molecule has 0 radical (unpaired) electrons. The Morgan fingerprint density at radius 2 is 2.44 bits per heavy atom. The highest BCUT2D eigenvalue weighted by molar-refractivity contribution is 5.94. The third-order valence-corrected chi connectivity index (χ3v) is 1.77. The van der Waals surface area contributed by atoms with E-state index in [1.165, 1.54) is 18.5 Å². The number of aromatic hydroxyl groups is 1. The fourth-order valence-electron chi connectivity index (χ4n) is 1.05. The molecule has 0 aliphatic carbocycles. The Morgan fingerprint density at radius 3 is 3.12 bits per heavy atom. The number of carbonyl (C=O) groups is 1. The van der Waals surface area contributed by atoms with Gasteiger partial charge in [0.05, 0.1) is 11.8 Å². The maximum atomic E-state index is 11.5. The molecule has 84 valence electrons. The van der Waals surface area contributed by atoms with Gasteiger partial charge in [0.25, 0.3) is 5.91 Å². The highest BCUT2D eigenvalue weighted by atomic mass is 16.3. The van der Waals surface area contributed by atoms with Crippen LogP contribution in [0.1, 0.15) is 16.8 Å². The summed E-state index contributed by atoms with van der Waals surface area (Å²) in [6, 6.07) is 1.33. The second kappa shape index (κ2) is 6.26. The Hall–Kier alpha value is -2.27. The van der Waals surface area contributed by atoms with Crippen molar-refractivity contribution in [1.82, 2.24) is 10.3 Å². The predicted octanol–water partition coefficient (Wildman–Crippen LogP) is 1.22. The molecular formula is C9H11N5O2. The number of azide groups is 1. The van der Waals surface area contributed by atoms with Crippen molar-refractivity contribution in [2.24, 2.45) is 5.11 Å². The summed E-state index contributed by atoms with van der Waals surface area (Å²) >= 11 is 0. The van der Waals surface area contributed by atoms with Crippen molar-refractivity contribution in [3.05, 3.63) is 34.5 Å². The molecule has 0 fully saturated rings. The maximum absolute atomic E-state index is 11.5. The molecule has 0 aliphatic rings. The summed E-state index contributed by atoms with van der Waals surface area (Å²) in [5.74, 6) is -0.369. The SMILES string of the molecule is [N-]=[N+]=NCCCNC(=O)c1cncc(O)c1. The van der Waals surface area contributed by atoms with Gasteiger partial charge in [-0.05, 0) is 18.0 Å². The molecule has 1 heterocycles. The van der Waals surface area contributed by atoms with Gasteiger partial charge in [0.15, 0.2) is 0 Å². The van der Waals surface area contributed by atoms with Crippen LogP contribution in [0, 0.1) is 0 Å². The van der Waals surface area contributed by atoms with E-state index in [1.807, 2.05) is 0 Å². The van der Waals surface area contributed by atoms with Gasteiger partial charge in [-0.3, -0.25) is 9.78 Å². The molecule has 2 N–H and O–H groups in total. The van der Waals surface area contributed by atoms with Crippen LogP contribution in [0.2, 0.25) is 0 Å². The second-order valence-corrected chi connectivity index (χ2v) is 3.00. The van der Waals surface area contributed by atoms with Gasteiger partial charge in [-0.1, -0.05) is 5.11 Å². The Labute approximate surface area is 91.8 Å². The summed E-state index contributed by atoms with van der Waals surface area (Å²) in [4.78, 5) is 17.7. The third kappa shape index (κ3) is 3.85. The zero-order chi connectivity index (χ0) is 11.8. The van der Waals surface area contributed by atoms with Gasteiger partial charge in [-0.2, -0.15) is 0 Å². The van der Waals surface area contributed by atoms with E-state index in [4.69, 9.17) is 10.6 Å². The van der Waals surface area contributed by atoms with Gasteiger partial charge in [0.2, 0.25) is 0 Å². The number of hydrogen-bond acceptors (Lipinski definition) is 4. The Morgan fingerprint density at radius 1 is 1.62 bits per heavy atom. The number of nitrogens with zero attached hydrogens (tertiary/aromatic N) is 4. The molecule has 7 nitrogen and oxygen atoms in total. The summed E-state index contributed by atoms with van der Waals surface area (Å²) in [6.07, 6.45) is 3.18. The van der Waals surface area contributed by atoms with Gasteiger partial charge in [0, 0.05) is 24.2 Å². The molecule has 0 saturated carbocycles. The quantitative estimate of drug-likeness (QED) is 0.337. The van der Waals surface area contributed by atoms with Crippen LogP contribution >= 0.6 is 0 Å². The van der Waals surface area contributed by atoms with Crippen LogP contribution in [0.15, 0.2) is 23.6 Å². The molecule has 0 atom stereocenters. The third-order valence-electron chi connectivity index (χ3n) is 1.77. The number of carbonyl (C=O) groups excluding carboxylic acids is 1. The molecule has 1 rings (SSSR count). The van der Waals surface area contributed by atoms with E-state index in [1.54, 1.807) is 0 Å². The van der Waals surface area contributed by atoms with Crippen molar-refractivity contribution in [2.75, 3.05) is 13.1 Å². The maximum Gasteiger partial charge on any atom is 0.252 e. The smallest absolute Gasteiger partial charge is 0.252 e. The Bertz CT molecular complexity index is 414. The zero-order valence-electron chi connectivity index (χ0n) is 8.50. The average Bonchev–Trinajstić information content (AvgIpc) is 2.28. The van der Waals surface area contributed by atoms with Crippen LogP contribution in [-0.4, -0.2) is 29.1 Å². The van der Waals surface area contributed by atoms with Crippen LogP contribution in [-0.2, 0) is 0 Å². The van der Waals surface area contributed by atoms with Crippen LogP contribution in [0.3, 0.4) is 0 Å². The minimum Gasteiger partial charge on any atom is -0.506 e.